The molecule has 0 saturated heterocycles. The largest absolute Gasteiger partial charge is 0.496 e. The quantitative estimate of drug-likeness (QED) is 0.846. The average Bonchev–Trinajstić information content (AvgIpc) is 2.62. The number of hydrogen-bond acceptors (Lipinski definition) is 5. The highest BCUT2D eigenvalue weighted by Gasteiger charge is 2.25. The smallest absolute Gasteiger partial charge is 0.257 e. The summed E-state index contributed by atoms with van der Waals surface area (Å²) in [5, 5.41) is 0.309. The van der Waals surface area contributed by atoms with Crippen molar-refractivity contribution in [2.75, 3.05) is 33.0 Å². The molecular formula is C18H19ClN2O4. The molecule has 2 aromatic rings. The molecule has 1 aliphatic heterocycles. The van der Waals surface area contributed by atoms with Gasteiger partial charge in [-0.25, -0.2) is 0 Å². The normalized spacial score (nSPS) is 15.6. The molecule has 0 bridgehead atoms. The summed E-state index contributed by atoms with van der Waals surface area (Å²) < 4.78 is 16.8. The summed E-state index contributed by atoms with van der Waals surface area (Å²) in [5.41, 5.74) is 6.47. The van der Waals surface area contributed by atoms with E-state index >= 15 is 0 Å². The Morgan fingerprint density at radius 3 is 2.80 bits per heavy atom. The summed E-state index contributed by atoms with van der Waals surface area (Å²) in [6.45, 7) is 0.729. The molecule has 2 aromatic carbocycles. The monoisotopic (exact) mass is 362 g/mol. The van der Waals surface area contributed by atoms with Crippen LogP contribution in [0.2, 0.25) is 5.02 Å². The van der Waals surface area contributed by atoms with Crippen molar-refractivity contribution in [3.05, 3.63) is 47.0 Å². The highest BCUT2D eigenvalue weighted by molar-refractivity contribution is 6.33. The van der Waals surface area contributed by atoms with Crippen LogP contribution in [0.3, 0.4) is 0 Å². The first-order valence-electron chi connectivity index (χ1n) is 7.76. The average molecular weight is 363 g/mol. The van der Waals surface area contributed by atoms with E-state index in [2.05, 4.69) is 0 Å². The number of fused-ring (bicyclic) bond motifs is 1. The van der Waals surface area contributed by atoms with Gasteiger partial charge in [-0.1, -0.05) is 23.7 Å². The standard InChI is InChI=1S/C18H19ClN2O4/c1-21(9-11-10-24-15-5-3-4-6-16(15)25-11)18(22)12-7-13(19)14(20)8-17(12)23-2/h3-8,11H,9-10,20H2,1-2H3. The van der Waals surface area contributed by atoms with Crippen LogP contribution >= 0.6 is 11.6 Å². The minimum Gasteiger partial charge on any atom is -0.496 e. The van der Waals surface area contributed by atoms with E-state index in [1.54, 1.807) is 18.0 Å². The second-order valence-electron chi connectivity index (χ2n) is 5.76. The second kappa shape index (κ2) is 7.11. The van der Waals surface area contributed by atoms with Crippen molar-refractivity contribution in [3.8, 4) is 17.2 Å². The molecule has 1 amide bonds. The topological polar surface area (TPSA) is 74.0 Å². The molecule has 132 valence electrons. The number of para-hydroxylation sites is 2. The summed E-state index contributed by atoms with van der Waals surface area (Å²) in [5.74, 6) is 1.53. The van der Waals surface area contributed by atoms with Crippen LogP contribution in [0.25, 0.3) is 0 Å². The first kappa shape index (κ1) is 17.2. The maximum absolute atomic E-state index is 12.8. The molecule has 2 N–H and O–H groups in total. The Morgan fingerprint density at radius 1 is 1.36 bits per heavy atom. The van der Waals surface area contributed by atoms with E-state index in [1.807, 2.05) is 24.3 Å². The molecular weight excluding hydrogens is 344 g/mol. The zero-order valence-electron chi connectivity index (χ0n) is 14.0. The van der Waals surface area contributed by atoms with E-state index in [1.165, 1.54) is 13.2 Å². The van der Waals surface area contributed by atoms with Crippen molar-refractivity contribution in [3.63, 3.8) is 0 Å². The lowest BCUT2D eigenvalue weighted by atomic mass is 10.1. The third kappa shape index (κ3) is 3.58. The SMILES string of the molecule is COc1cc(N)c(Cl)cc1C(=O)N(C)CC1COc2ccccc2O1. The van der Waals surface area contributed by atoms with Gasteiger partial charge in [0.25, 0.3) is 5.91 Å². The fourth-order valence-corrected chi connectivity index (χ4v) is 2.82. The molecule has 1 aliphatic rings. The summed E-state index contributed by atoms with van der Waals surface area (Å²) in [6, 6.07) is 10.5. The van der Waals surface area contributed by atoms with Gasteiger partial charge in [0.15, 0.2) is 17.6 Å². The van der Waals surface area contributed by atoms with Gasteiger partial charge in [-0.05, 0) is 18.2 Å². The molecule has 1 atom stereocenters. The van der Waals surface area contributed by atoms with Crippen LogP contribution in [0.5, 0.6) is 17.2 Å². The molecule has 3 rings (SSSR count). The summed E-state index contributed by atoms with van der Waals surface area (Å²) in [7, 11) is 3.17. The van der Waals surface area contributed by atoms with E-state index < -0.39 is 0 Å². The van der Waals surface area contributed by atoms with Gasteiger partial charge in [0, 0.05) is 13.1 Å². The number of carbonyl (C=O) groups is 1. The Hall–Kier alpha value is -2.60. The number of ether oxygens (including phenoxy) is 3. The van der Waals surface area contributed by atoms with Crippen LogP contribution in [0, 0.1) is 0 Å². The van der Waals surface area contributed by atoms with Gasteiger partial charge in [0.2, 0.25) is 0 Å². The van der Waals surface area contributed by atoms with Crippen molar-refractivity contribution < 1.29 is 19.0 Å². The number of halogens is 1. The molecule has 1 heterocycles. The Kier molecular flexibility index (Phi) is 4.90. The third-order valence-corrected chi connectivity index (χ3v) is 4.27. The third-order valence-electron chi connectivity index (χ3n) is 3.94. The van der Waals surface area contributed by atoms with Gasteiger partial charge >= 0.3 is 0 Å². The lowest BCUT2D eigenvalue weighted by Gasteiger charge is -2.29. The number of nitrogens with zero attached hydrogens (tertiary/aromatic N) is 1. The van der Waals surface area contributed by atoms with Gasteiger partial charge in [-0.3, -0.25) is 4.79 Å². The number of carbonyl (C=O) groups excluding carboxylic acids is 1. The van der Waals surface area contributed by atoms with E-state index in [-0.39, 0.29) is 12.0 Å². The van der Waals surface area contributed by atoms with Crippen LogP contribution in [-0.2, 0) is 0 Å². The first-order chi connectivity index (χ1) is 12.0. The number of rotatable bonds is 4. The molecule has 0 aromatic heterocycles. The molecule has 0 saturated carbocycles. The Morgan fingerprint density at radius 2 is 2.08 bits per heavy atom. The highest BCUT2D eigenvalue weighted by atomic mass is 35.5. The number of nitrogens with two attached hydrogens (primary N) is 1. The van der Waals surface area contributed by atoms with Crippen molar-refractivity contribution in [2.45, 2.75) is 6.10 Å². The van der Waals surface area contributed by atoms with Crippen LogP contribution in [0.4, 0.5) is 5.69 Å². The van der Waals surface area contributed by atoms with Crippen LogP contribution in [-0.4, -0.2) is 44.2 Å². The number of anilines is 1. The van der Waals surface area contributed by atoms with Gasteiger partial charge in [-0.2, -0.15) is 0 Å². The second-order valence-corrected chi connectivity index (χ2v) is 6.16. The number of benzene rings is 2. The minimum atomic E-state index is -0.265. The number of amides is 1. The maximum atomic E-state index is 12.8. The van der Waals surface area contributed by atoms with Crippen molar-refractivity contribution in [1.29, 1.82) is 0 Å². The van der Waals surface area contributed by atoms with E-state index in [0.29, 0.717) is 46.7 Å². The van der Waals surface area contributed by atoms with Crippen LogP contribution in [0.15, 0.2) is 36.4 Å². The van der Waals surface area contributed by atoms with Crippen LogP contribution in [0.1, 0.15) is 10.4 Å². The highest BCUT2D eigenvalue weighted by Crippen LogP contribution is 2.32. The van der Waals surface area contributed by atoms with E-state index in [9.17, 15) is 4.79 Å². The molecule has 25 heavy (non-hydrogen) atoms. The summed E-state index contributed by atoms with van der Waals surface area (Å²) in [6.07, 6.45) is -0.265. The fraction of sp³-hybridized carbons (Fsp3) is 0.278. The number of likely N-dealkylation sites (N-methyl/N-ethyl adjacent to an activating group) is 1. The van der Waals surface area contributed by atoms with Gasteiger partial charge in [0.05, 0.1) is 29.9 Å². The molecule has 0 spiro atoms. The zero-order valence-corrected chi connectivity index (χ0v) is 14.7. The maximum Gasteiger partial charge on any atom is 0.257 e. The minimum absolute atomic E-state index is 0.235. The van der Waals surface area contributed by atoms with Crippen molar-refractivity contribution >= 4 is 23.2 Å². The van der Waals surface area contributed by atoms with Gasteiger partial charge < -0.3 is 24.8 Å². The Balaban J connectivity index is 1.73. The van der Waals surface area contributed by atoms with Crippen molar-refractivity contribution in [2.24, 2.45) is 0 Å². The summed E-state index contributed by atoms with van der Waals surface area (Å²) >= 11 is 6.04. The molecule has 7 heteroatoms. The number of hydrogen-bond donors (Lipinski definition) is 1. The molecule has 1 unspecified atom stereocenters. The molecule has 0 fully saturated rings. The molecule has 0 radical (unpaired) electrons. The Labute approximate surface area is 151 Å². The lowest BCUT2D eigenvalue weighted by Crippen LogP contribution is -2.41. The van der Waals surface area contributed by atoms with Crippen LogP contribution < -0.4 is 19.9 Å². The molecule has 6 nitrogen and oxygen atoms in total. The zero-order chi connectivity index (χ0) is 18.0. The predicted octanol–water partition coefficient (Wildman–Crippen LogP) is 2.84. The molecule has 0 aliphatic carbocycles. The van der Waals surface area contributed by atoms with Gasteiger partial charge in [0.1, 0.15) is 12.4 Å². The lowest BCUT2D eigenvalue weighted by molar-refractivity contribution is 0.0519. The predicted molar refractivity (Wildman–Crippen MR) is 95.7 cm³/mol. The van der Waals surface area contributed by atoms with E-state index in [0.717, 1.165) is 0 Å². The first-order valence-corrected chi connectivity index (χ1v) is 8.14. The Bertz CT molecular complexity index is 797. The number of methoxy groups -OCH3 is 1. The fourth-order valence-electron chi connectivity index (χ4n) is 2.65. The van der Waals surface area contributed by atoms with Crippen molar-refractivity contribution in [1.82, 2.24) is 4.90 Å². The van der Waals surface area contributed by atoms with Gasteiger partial charge in [-0.15, -0.1) is 0 Å². The summed E-state index contributed by atoms with van der Waals surface area (Å²) in [4.78, 5) is 14.3. The number of nitrogen functional groups attached to an aromatic ring is 1. The van der Waals surface area contributed by atoms with E-state index in [4.69, 9.17) is 31.5 Å².